The van der Waals surface area contributed by atoms with Crippen LogP contribution < -0.4 is 5.73 Å². The molecule has 2 atom stereocenters. The van der Waals surface area contributed by atoms with E-state index in [0.29, 0.717) is 19.4 Å². The van der Waals surface area contributed by atoms with Crippen LogP contribution in [0.5, 0.6) is 0 Å². The molecule has 2 heterocycles. The van der Waals surface area contributed by atoms with E-state index < -0.39 is 12.1 Å². The Morgan fingerprint density at radius 3 is 2.88 bits per heavy atom. The number of ether oxygens (including phenoxy) is 1. The molecule has 0 aliphatic carbocycles. The summed E-state index contributed by atoms with van der Waals surface area (Å²) in [4.78, 5) is 33.4. The van der Waals surface area contributed by atoms with Crippen molar-refractivity contribution in [3.8, 4) is 0 Å². The second-order valence-corrected chi connectivity index (χ2v) is 6.17. The topological polar surface area (TPSA) is 101 Å². The lowest BCUT2D eigenvalue weighted by Gasteiger charge is -2.26. The van der Waals surface area contributed by atoms with Crippen molar-refractivity contribution >= 4 is 11.9 Å². The van der Waals surface area contributed by atoms with Gasteiger partial charge < -0.3 is 20.4 Å². The number of aromatic nitrogens is 2. The molecule has 0 bridgehead atoms. The van der Waals surface area contributed by atoms with E-state index in [1.807, 2.05) is 30.3 Å². The maximum atomic E-state index is 12.6. The van der Waals surface area contributed by atoms with Crippen LogP contribution in [0.1, 0.15) is 24.1 Å². The highest BCUT2D eigenvalue weighted by Crippen LogP contribution is 2.20. The van der Waals surface area contributed by atoms with Crippen LogP contribution in [0.4, 0.5) is 0 Å². The molecule has 1 aliphatic rings. The van der Waals surface area contributed by atoms with E-state index in [0.717, 1.165) is 17.7 Å². The van der Waals surface area contributed by atoms with Gasteiger partial charge in [-0.1, -0.05) is 30.3 Å². The SMILES string of the molecule is N[C@@H](Cc1cnc[nH]1)C(=O)N1CCC[C@H]1C(=O)OCc1ccccc1. The molecule has 132 valence electrons. The third-order valence-electron chi connectivity index (χ3n) is 4.34. The van der Waals surface area contributed by atoms with Gasteiger partial charge in [0.1, 0.15) is 12.6 Å². The van der Waals surface area contributed by atoms with Gasteiger partial charge in [-0.25, -0.2) is 9.78 Å². The second-order valence-electron chi connectivity index (χ2n) is 6.17. The van der Waals surface area contributed by atoms with E-state index in [-0.39, 0.29) is 18.5 Å². The zero-order valence-corrected chi connectivity index (χ0v) is 13.9. The van der Waals surface area contributed by atoms with Crippen LogP contribution >= 0.6 is 0 Å². The van der Waals surface area contributed by atoms with Gasteiger partial charge in [0.05, 0.1) is 12.4 Å². The number of carbonyl (C=O) groups excluding carboxylic acids is 2. The van der Waals surface area contributed by atoms with Crippen molar-refractivity contribution in [2.75, 3.05) is 6.54 Å². The number of rotatable bonds is 6. The van der Waals surface area contributed by atoms with Gasteiger partial charge >= 0.3 is 5.97 Å². The van der Waals surface area contributed by atoms with Crippen LogP contribution in [0.3, 0.4) is 0 Å². The van der Waals surface area contributed by atoms with Crippen molar-refractivity contribution in [1.29, 1.82) is 0 Å². The summed E-state index contributed by atoms with van der Waals surface area (Å²) in [5.74, 6) is -0.600. The average Bonchev–Trinajstić information content (AvgIpc) is 3.31. The van der Waals surface area contributed by atoms with E-state index in [1.165, 1.54) is 0 Å². The minimum atomic E-state index is -0.706. The summed E-state index contributed by atoms with van der Waals surface area (Å²) in [6.07, 6.45) is 4.93. The molecule has 3 rings (SSSR count). The van der Waals surface area contributed by atoms with Crippen molar-refractivity contribution in [2.45, 2.75) is 38.0 Å². The Balaban J connectivity index is 1.57. The van der Waals surface area contributed by atoms with Gasteiger partial charge in [-0.3, -0.25) is 4.79 Å². The third-order valence-corrected chi connectivity index (χ3v) is 4.34. The number of aromatic amines is 1. The molecule has 0 saturated carbocycles. The third kappa shape index (κ3) is 4.24. The van der Waals surface area contributed by atoms with Crippen LogP contribution in [-0.4, -0.2) is 45.4 Å². The Hall–Kier alpha value is -2.67. The van der Waals surface area contributed by atoms with Crippen molar-refractivity contribution in [3.63, 3.8) is 0 Å². The molecule has 1 amide bonds. The molecule has 1 aliphatic heterocycles. The number of nitrogens with two attached hydrogens (primary N) is 1. The van der Waals surface area contributed by atoms with Crippen LogP contribution in [0.15, 0.2) is 42.9 Å². The smallest absolute Gasteiger partial charge is 0.329 e. The number of benzene rings is 1. The zero-order valence-electron chi connectivity index (χ0n) is 13.9. The Kier molecular flexibility index (Phi) is 5.45. The highest BCUT2D eigenvalue weighted by Gasteiger charge is 2.37. The van der Waals surface area contributed by atoms with Gasteiger partial charge in [0.25, 0.3) is 0 Å². The minimum absolute atomic E-state index is 0.207. The molecule has 0 unspecified atom stereocenters. The Bertz CT molecular complexity index is 702. The first-order chi connectivity index (χ1) is 12.1. The molecule has 25 heavy (non-hydrogen) atoms. The van der Waals surface area contributed by atoms with Gasteiger partial charge in [0, 0.05) is 24.9 Å². The number of hydrogen-bond acceptors (Lipinski definition) is 5. The van der Waals surface area contributed by atoms with Gasteiger partial charge in [-0.2, -0.15) is 0 Å². The van der Waals surface area contributed by atoms with Gasteiger partial charge in [-0.05, 0) is 18.4 Å². The highest BCUT2D eigenvalue weighted by atomic mass is 16.5. The molecule has 1 saturated heterocycles. The maximum Gasteiger partial charge on any atom is 0.329 e. The van der Waals surface area contributed by atoms with Gasteiger partial charge in [0.2, 0.25) is 5.91 Å². The number of hydrogen-bond donors (Lipinski definition) is 2. The molecular formula is C18H22N4O3. The fourth-order valence-corrected chi connectivity index (χ4v) is 3.03. The summed E-state index contributed by atoms with van der Waals surface area (Å²) in [6.45, 7) is 0.735. The maximum absolute atomic E-state index is 12.6. The van der Waals surface area contributed by atoms with Crippen LogP contribution in [0.25, 0.3) is 0 Å². The average molecular weight is 342 g/mol. The predicted octanol–water partition coefficient (Wildman–Crippen LogP) is 1.01. The van der Waals surface area contributed by atoms with E-state index >= 15 is 0 Å². The van der Waals surface area contributed by atoms with Crippen molar-refractivity contribution in [2.24, 2.45) is 5.73 Å². The Morgan fingerprint density at radius 1 is 1.36 bits per heavy atom. The number of likely N-dealkylation sites (tertiary alicyclic amines) is 1. The Labute approximate surface area is 146 Å². The number of carbonyl (C=O) groups is 2. The molecule has 1 fully saturated rings. The number of nitrogens with zero attached hydrogens (tertiary/aromatic N) is 2. The second kappa shape index (κ2) is 7.94. The molecule has 0 radical (unpaired) electrons. The van der Waals surface area contributed by atoms with Crippen LogP contribution in [0, 0.1) is 0 Å². The fraction of sp³-hybridized carbons (Fsp3) is 0.389. The van der Waals surface area contributed by atoms with Crippen LogP contribution in [0.2, 0.25) is 0 Å². The molecule has 1 aromatic carbocycles. The molecule has 3 N–H and O–H groups in total. The van der Waals surface area contributed by atoms with Crippen molar-refractivity contribution in [3.05, 3.63) is 54.1 Å². The Morgan fingerprint density at radius 2 is 2.16 bits per heavy atom. The van der Waals surface area contributed by atoms with E-state index in [4.69, 9.17) is 10.5 Å². The summed E-state index contributed by atoms with van der Waals surface area (Å²) in [7, 11) is 0. The molecule has 0 spiro atoms. The lowest BCUT2D eigenvalue weighted by Crippen LogP contribution is -2.49. The first-order valence-electron chi connectivity index (χ1n) is 8.39. The predicted molar refractivity (Wildman–Crippen MR) is 91.2 cm³/mol. The molecule has 2 aromatic rings. The van der Waals surface area contributed by atoms with E-state index in [2.05, 4.69) is 9.97 Å². The normalized spacial score (nSPS) is 18.1. The number of imidazole rings is 1. The number of nitrogens with one attached hydrogen (secondary N) is 1. The number of amides is 1. The molecule has 1 aromatic heterocycles. The first kappa shape index (κ1) is 17.2. The fourth-order valence-electron chi connectivity index (χ4n) is 3.03. The molecule has 7 heteroatoms. The summed E-state index contributed by atoms with van der Waals surface area (Å²) in [5, 5.41) is 0. The summed E-state index contributed by atoms with van der Waals surface area (Å²) < 4.78 is 5.39. The largest absolute Gasteiger partial charge is 0.459 e. The zero-order chi connectivity index (χ0) is 17.6. The van der Waals surface area contributed by atoms with Gasteiger partial charge in [0.15, 0.2) is 0 Å². The number of H-pyrrole nitrogens is 1. The highest BCUT2D eigenvalue weighted by molar-refractivity contribution is 5.88. The van der Waals surface area contributed by atoms with Crippen molar-refractivity contribution < 1.29 is 14.3 Å². The van der Waals surface area contributed by atoms with E-state index in [1.54, 1.807) is 17.4 Å². The monoisotopic (exact) mass is 342 g/mol. The molecule has 7 nitrogen and oxygen atoms in total. The summed E-state index contributed by atoms with van der Waals surface area (Å²) >= 11 is 0. The van der Waals surface area contributed by atoms with Crippen LogP contribution in [-0.2, 0) is 27.4 Å². The minimum Gasteiger partial charge on any atom is -0.459 e. The quantitative estimate of drug-likeness (QED) is 0.763. The standard InChI is InChI=1S/C18H22N4O3/c19-15(9-14-10-20-12-21-14)17(23)22-8-4-7-16(22)18(24)25-11-13-5-2-1-3-6-13/h1-3,5-6,10,12,15-16H,4,7-9,11,19H2,(H,20,21)/t15-,16-/m0/s1. The van der Waals surface area contributed by atoms with Crippen molar-refractivity contribution in [1.82, 2.24) is 14.9 Å². The summed E-state index contributed by atoms with van der Waals surface area (Å²) in [6, 6.07) is 8.22. The summed E-state index contributed by atoms with van der Waals surface area (Å²) in [5.41, 5.74) is 7.74. The number of esters is 1. The van der Waals surface area contributed by atoms with E-state index in [9.17, 15) is 9.59 Å². The lowest BCUT2D eigenvalue weighted by atomic mass is 10.1. The lowest BCUT2D eigenvalue weighted by molar-refractivity contribution is -0.154. The molecular weight excluding hydrogens is 320 g/mol. The first-order valence-corrected chi connectivity index (χ1v) is 8.39. The van der Waals surface area contributed by atoms with Gasteiger partial charge in [-0.15, -0.1) is 0 Å².